The number of piperidine rings is 1. The van der Waals surface area contributed by atoms with Gasteiger partial charge in [-0.05, 0) is 31.9 Å². The molecule has 0 unspecified atom stereocenters. The van der Waals surface area contributed by atoms with E-state index in [0.717, 1.165) is 11.1 Å². The van der Waals surface area contributed by atoms with Gasteiger partial charge in [-0.2, -0.15) is 0 Å². The predicted molar refractivity (Wildman–Crippen MR) is 98.1 cm³/mol. The number of Topliss-reactive ketones (excluding diaryl/α,β-unsaturated/α-hetero) is 1. The summed E-state index contributed by atoms with van der Waals surface area (Å²) in [5.41, 5.74) is 2.49. The van der Waals surface area contributed by atoms with Crippen molar-refractivity contribution < 1.29 is 9.59 Å². The fraction of sp³-hybridized carbons (Fsp3) is 0.316. The number of rotatable bonds is 3. The maximum atomic E-state index is 12.6. The van der Waals surface area contributed by atoms with E-state index in [0.29, 0.717) is 36.8 Å². The number of benzene rings is 1. The van der Waals surface area contributed by atoms with E-state index < -0.39 is 0 Å². The summed E-state index contributed by atoms with van der Waals surface area (Å²) in [6, 6.07) is 10.8. The van der Waals surface area contributed by atoms with Crippen LogP contribution < -0.4 is 5.32 Å². The molecule has 0 atom stereocenters. The number of nitrogens with one attached hydrogen (secondary N) is 1. The van der Waals surface area contributed by atoms with Crippen molar-refractivity contribution in [1.29, 1.82) is 0 Å². The van der Waals surface area contributed by atoms with E-state index in [4.69, 9.17) is 11.6 Å². The Labute approximate surface area is 152 Å². The van der Waals surface area contributed by atoms with Gasteiger partial charge in [0.05, 0.1) is 11.9 Å². The van der Waals surface area contributed by atoms with Gasteiger partial charge in [-0.25, -0.2) is 9.78 Å². The van der Waals surface area contributed by atoms with Crippen LogP contribution in [0.3, 0.4) is 0 Å². The fourth-order valence-corrected chi connectivity index (χ4v) is 3.06. The van der Waals surface area contributed by atoms with Crippen molar-refractivity contribution in [2.75, 3.05) is 18.4 Å². The molecule has 130 valence electrons. The van der Waals surface area contributed by atoms with Gasteiger partial charge in [0, 0.05) is 24.6 Å². The first-order chi connectivity index (χ1) is 12.0. The van der Waals surface area contributed by atoms with Gasteiger partial charge in [-0.3, -0.25) is 4.79 Å². The standard InChI is InChI=1S/C19H20ClN3O2/c1-13-2-4-14(5-3-13)18(24)15-8-10-23(11-9-15)19(25)22-16-6-7-17(20)21-12-16/h2-7,12,15H,8-11H2,1H3,(H,22,25). The third-order valence-corrected chi connectivity index (χ3v) is 4.69. The zero-order valence-electron chi connectivity index (χ0n) is 14.0. The molecule has 1 aliphatic heterocycles. The SMILES string of the molecule is Cc1ccc(C(=O)C2CCN(C(=O)Nc3ccc(Cl)nc3)CC2)cc1. The number of hydrogen-bond donors (Lipinski definition) is 1. The third-order valence-electron chi connectivity index (χ3n) is 4.47. The molecule has 2 amide bonds. The van der Waals surface area contributed by atoms with Crippen molar-refractivity contribution in [2.24, 2.45) is 5.92 Å². The number of aryl methyl sites for hydroxylation is 1. The lowest BCUT2D eigenvalue weighted by Crippen LogP contribution is -2.42. The van der Waals surface area contributed by atoms with Crippen molar-refractivity contribution in [2.45, 2.75) is 19.8 Å². The van der Waals surface area contributed by atoms with E-state index in [2.05, 4.69) is 10.3 Å². The molecule has 6 heteroatoms. The molecule has 0 bridgehead atoms. The molecule has 1 saturated heterocycles. The lowest BCUT2D eigenvalue weighted by Gasteiger charge is -2.31. The Hall–Kier alpha value is -2.40. The number of carbonyl (C=O) groups is 2. The van der Waals surface area contributed by atoms with Crippen molar-refractivity contribution in [3.05, 3.63) is 58.9 Å². The topological polar surface area (TPSA) is 62.3 Å². The van der Waals surface area contributed by atoms with Gasteiger partial charge in [0.15, 0.2) is 5.78 Å². The second-order valence-corrected chi connectivity index (χ2v) is 6.68. The molecule has 0 saturated carbocycles. The van der Waals surface area contributed by atoms with Gasteiger partial charge in [0.2, 0.25) is 0 Å². The average Bonchev–Trinajstić information content (AvgIpc) is 2.64. The monoisotopic (exact) mass is 357 g/mol. The molecule has 1 aliphatic rings. The number of pyridine rings is 1. The highest BCUT2D eigenvalue weighted by molar-refractivity contribution is 6.29. The van der Waals surface area contributed by atoms with E-state index in [1.165, 1.54) is 6.20 Å². The summed E-state index contributed by atoms with van der Waals surface area (Å²) in [5, 5.41) is 3.18. The zero-order valence-corrected chi connectivity index (χ0v) is 14.8. The molecule has 2 heterocycles. The van der Waals surface area contributed by atoms with Gasteiger partial charge >= 0.3 is 6.03 Å². The van der Waals surface area contributed by atoms with E-state index in [9.17, 15) is 9.59 Å². The molecule has 25 heavy (non-hydrogen) atoms. The quantitative estimate of drug-likeness (QED) is 0.662. The maximum absolute atomic E-state index is 12.6. The number of nitrogens with zero attached hydrogens (tertiary/aromatic N) is 2. The van der Waals surface area contributed by atoms with Crippen molar-refractivity contribution in [1.82, 2.24) is 9.88 Å². The predicted octanol–water partition coefficient (Wildman–Crippen LogP) is 4.17. The molecule has 1 aromatic carbocycles. The first-order valence-electron chi connectivity index (χ1n) is 8.31. The van der Waals surface area contributed by atoms with E-state index in [1.807, 2.05) is 31.2 Å². The van der Waals surface area contributed by atoms with Crippen LogP contribution in [0.25, 0.3) is 0 Å². The van der Waals surface area contributed by atoms with Crippen LogP contribution in [0, 0.1) is 12.8 Å². The minimum Gasteiger partial charge on any atom is -0.324 e. The summed E-state index contributed by atoms with van der Waals surface area (Å²) >= 11 is 5.74. The van der Waals surface area contributed by atoms with E-state index >= 15 is 0 Å². The Kier molecular flexibility index (Phi) is 5.34. The van der Waals surface area contributed by atoms with Crippen LogP contribution in [0.15, 0.2) is 42.6 Å². The van der Waals surface area contributed by atoms with Crippen molar-refractivity contribution in [3.8, 4) is 0 Å². The Morgan fingerprint density at radius 2 is 1.80 bits per heavy atom. The highest BCUT2D eigenvalue weighted by Gasteiger charge is 2.28. The van der Waals surface area contributed by atoms with Crippen molar-refractivity contribution in [3.63, 3.8) is 0 Å². The molecular weight excluding hydrogens is 338 g/mol. The molecule has 0 spiro atoms. The van der Waals surface area contributed by atoms with Crippen LogP contribution in [0.5, 0.6) is 0 Å². The first-order valence-corrected chi connectivity index (χ1v) is 8.69. The average molecular weight is 358 g/mol. The number of likely N-dealkylation sites (tertiary alicyclic amines) is 1. The Morgan fingerprint density at radius 3 is 2.40 bits per heavy atom. The largest absolute Gasteiger partial charge is 0.324 e. The molecule has 0 aliphatic carbocycles. The van der Waals surface area contributed by atoms with Crippen LogP contribution in [0.1, 0.15) is 28.8 Å². The Bertz CT molecular complexity index is 751. The van der Waals surface area contributed by atoms with E-state index in [-0.39, 0.29) is 17.7 Å². The number of hydrogen-bond acceptors (Lipinski definition) is 3. The van der Waals surface area contributed by atoms with Gasteiger partial charge in [0.25, 0.3) is 0 Å². The van der Waals surface area contributed by atoms with Crippen LogP contribution >= 0.6 is 11.6 Å². The zero-order chi connectivity index (χ0) is 17.8. The maximum Gasteiger partial charge on any atom is 0.321 e. The number of urea groups is 1. The molecular formula is C19H20ClN3O2. The number of ketones is 1. The fourth-order valence-electron chi connectivity index (χ4n) is 2.95. The van der Waals surface area contributed by atoms with Gasteiger partial charge in [-0.15, -0.1) is 0 Å². The highest BCUT2D eigenvalue weighted by atomic mass is 35.5. The van der Waals surface area contributed by atoms with Crippen molar-refractivity contribution >= 4 is 29.1 Å². The summed E-state index contributed by atoms with van der Waals surface area (Å²) in [5.74, 6) is 0.144. The Balaban J connectivity index is 1.54. The summed E-state index contributed by atoms with van der Waals surface area (Å²) in [6.45, 7) is 3.13. The number of carbonyl (C=O) groups excluding carboxylic acids is 2. The molecule has 2 aromatic rings. The summed E-state index contributed by atoms with van der Waals surface area (Å²) in [7, 11) is 0. The molecule has 1 N–H and O–H groups in total. The van der Waals surface area contributed by atoms with Gasteiger partial charge in [0.1, 0.15) is 5.15 Å². The first kappa shape index (κ1) is 17.4. The minimum absolute atomic E-state index is 0.0241. The van der Waals surface area contributed by atoms with Crippen LogP contribution in [0.4, 0.5) is 10.5 Å². The minimum atomic E-state index is -0.176. The lowest BCUT2D eigenvalue weighted by molar-refractivity contribution is 0.0859. The molecule has 5 nitrogen and oxygen atoms in total. The highest BCUT2D eigenvalue weighted by Crippen LogP contribution is 2.23. The molecule has 1 aromatic heterocycles. The Morgan fingerprint density at radius 1 is 1.12 bits per heavy atom. The second-order valence-electron chi connectivity index (χ2n) is 6.29. The number of amides is 2. The van der Waals surface area contributed by atoms with Gasteiger partial charge < -0.3 is 10.2 Å². The van der Waals surface area contributed by atoms with Crippen LogP contribution in [-0.2, 0) is 0 Å². The number of aromatic nitrogens is 1. The lowest BCUT2D eigenvalue weighted by atomic mass is 9.89. The number of anilines is 1. The second kappa shape index (κ2) is 7.66. The third kappa shape index (κ3) is 4.37. The summed E-state index contributed by atoms with van der Waals surface area (Å²) < 4.78 is 0. The van der Waals surface area contributed by atoms with Crippen LogP contribution in [0.2, 0.25) is 5.15 Å². The summed E-state index contributed by atoms with van der Waals surface area (Å²) in [4.78, 5) is 30.5. The molecule has 3 rings (SSSR count). The van der Waals surface area contributed by atoms with E-state index in [1.54, 1.807) is 17.0 Å². The molecule has 1 fully saturated rings. The summed E-state index contributed by atoms with van der Waals surface area (Å²) in [6.07, 6.45) is 2.88. The molecule has 0 radical (unpaired) electrons. The van der Waals surface area contributed by atoms with Gasteiger partial charge in [-0.1, -0.05) is 41.4 Å². The van der Waals surface area contributed by atoms with Crippen LogP contribution in [-0.4, -0.2) is 34.8 Å². The number of halogens is 1. The normalized spacial score (nSPS) is 15.0. The smallest absolute Gasteiger partial charge is 0.321 e.